The second kappa shape index (κ2) is 4.35. The van der Waals surface area contributed by atoms with Gasteiger partial charge < -0.3 is 10.8 Å². The Hall–Kier alpha value is -2.00. The molecule has 0 aromatic heterocycles. The zero-order valence-electron chi connectivity index (χ0n) is 10.1. The highest BCUT2D eigenvalue weighted by Crippen LogP contribution is 2.26. The van der Waals surface area contributed by atoms with Crippen LogP contribution in [0.4, 0.5) is 5.69 Å². The summed E-state index contributed by atoms with van der Waals surface area (Å²) in [6, 6.07) is 14.0. The molecule has 3 N–H and O–H groups in total. The zero-order valence-corrected chi connectivity index (χ0v) is 10.1. The molecule has 3 nitrogen and oxygen atoms in total. The van der Waals surface area contributed by atoms with Crippen molar-refractivity contribution in [3.8, 4) is 5.75 Å². The summed E-state index contributed by atoms with van der Waals surface area (Å²) in [5.41, 5.74) is 9.93. The number of rotatable bonds is 2. The van der Waals surface area contributed by atoms with E-state index in [1.165, 1.54) is 11.1 Å². The Balaban J connectivity index is 1.74. The SMILES string of the molecule is Nc1ccc(CN2Cc3ccccc3C2)cc1O. The fourth-order valence-electron chi connectivity index (χ4n) is 2.46. The van der Waals surface area contributed by atoms with Crippen molar-refractivity contribution in [2.24, 2.45) is 0 Å². The standard InChI is InChI=1S/C15H16N2O/c16-14-6-5-11(7-15(14)18)8-17-9-12-3-1-2-4-13(12)10-17/h1-7,18H,8-10,16H2. The second-order valence-electron chi connectivity index (χ2n) is 4.81. The van der Waals surface area contributed by atoms with Crippen molar-refractivity contribution in [1.82, 2.24) is 4.90 Å². The summed E-state index contributed by atoms with van der Waals surface area (Å²) in [6.45, 7) is 2.78. The molecule has 3 heteroatoms. The summed E-state index contributed by atoms with van der Waals surface area (Å²) in [4.78, 5) is 2.36. The largest absolute Gasteiger partial charge is 0.506 e. The Morgan fingerprint density at radius 2 is 1.72 bits per heavy atom. The van der Waals surface area contributed by atoms with Crippen molar-refractivity contribution in [3.63, 3.8) is 0 Å². The molecule has 0 bridgehead atoms. The fraction of sp³-hybridized carbons (Fsp3) is 0.200. The molecule has 1 aliphatic heterocycles. The zero-order chi connectivity index (χ0) is 12.5. The van der Waals surface area contributed by atoms with Crippen LogP contribution in [0.1, 0.15) is 16.7 Å². The minimum atomic E-state index is 0.171. The first-order valence-corrected chi connectivity index (χ1v) is 6.09. The van der Waals surface area contributed by atoms with Crippen molar-refractivity contribution in [2.45, 2.75) is 19.6 Å². The highest BCUT2D eigenvalue weighted by Gasteiger charge is 2.18. The number of nitrogens with zero attached hydrogens (tertiary/aromatic N) is 1. The second-order valence-corrected chi connectivity index (χ2v) is 4.81. The molecule has 2 aromatic rings. The van der Waals surface area contributed by atoms with Crippen molar-refractivity contribution in [3.05, 3.63) is 59.2 Å². The molecule has 0 atom stereocenters. The minimum absolute atomic E-state index is 0.171. The molecule has 0 fully saturated rings. The summed E-state index contributed by atoms with van der Waals surface area (Å²) in [6.07, 6.45) is 0. The third kappa shape index (κ3) is 2.05. The monoisotopic (exact) mass is 240 g/mol. The average molecular weight is 240 g/mol. The number of fused-ring (bicyclic) bond motifs is 1. The topological polar surface area (TPSA) is 49.5 Å². The Kier molecular flexibility index (Phi) is 2.68. The lowest BCUT2D eigenvalue weighted by Crippen LogP contribution is -2.15. The van der Waals surface area contributed by atoms with E-state index in [0.29, 0.717) is 5.69 Å². The highest BCUT2D eigenvalue weighted by molar-refractivity contribution is 5.52. The summed E-state index contributed by atoms with van der Waals surface area (Å²) >= 11 is 0. The molecule has 0 saturated carbocycles. The van der Waals surface area contributed by atoms with Gasteiger partial charge in [0.15, 0.2) is 0 Å². The number of nitrogen functional groups attached to an aromatic ring is 1. The van der Waals surface area contributed by atoms with E-state index in [9.17, 15) is 5.11 Å². The van der Waals surface area contributed by atoms with Gasteiger partial charge in [0.05, 0.1) is 5.69 Å². The molecular formula is C15H16N2O. The van der Waals surface area contributed by atoms with Gasteiger partial charge in [-0.05, 0) is 28.8 Å². The molecule has 92 valence electrons. The molecule has 0 saturated heterocycles. The first kappa shape index (κ1) is 11.1. The lowest BCUT2D eigenvalue weighted by molar-refractivity contribution is 0.275. The van der Waals surface area contributed by atoms with E-state index in [0.717, 1.165) is 25.2 Å². The third-order valence-corrected chi connectivity index (χ3v) is 3.41. The summed E-state index contributed by atoms with van der Waals surface area (Å²) < 4.78 is 0. The number of nitrogens with two attached hydrogens (primary N) is 1. The molecule has 0 spiro atoms. The lowest BCUT2D eigenvalue weighted by atomic mass is 10.1. The Morgan fingerprint density at radius 3 is 2.33 bits per heavy atom. The molecule has 0 radical (unpaired) electrons. The molecule has 18 heavy (non-hydrogen) atoms. The van der Waals surface area contributed by atoms with Crippen LogP contribution in [-0.2, 0) is 19.6 Å². The van der Waals surface area contributed by atoms with Gasteiger partial charge in [0.1, 0.15) is 5.75 Å². The molecule has 1 aliphatic rings. The first-order valence-electron chi connectivity index (χ1n) is 6.09. The quantitative estimate of drug-likeness (QED) is 0.626. The van der Waals surface area contributed by atoms with Crippen molar-refractivity contribution in [1.29, 1.82) is 0 Å². The first-order chi connectivity index (χ1) is 8.72. The van der Waals surface area contributed by atoms with Gasteiger partial charge in [0.2, 0.25) is 0 Å². The van der Waals surface area contributed by atoms with Crippen molar-refractivity contribution in [2.75, 3.05) is 5.73 Å². The number of phenols is 1. The molecule has 0 aliphatic carbocycles. The van der Waals surface area contributed by atoms with Crippen LogP contribution in [0.25, 0.3) is 0 Å². The van der Waals surface area contributed by atoms with Gasteiger partial charge in [0, 0.05) is 19.6 Å². The molecule has 0 amide bonds. The Morgan fingerprint density at radius 1 is 1.06 bits per heavy atom. The average Bonchev–Trinajstić information content (AvgIpc) is 2.76. The number of phenolic OH excluding ortho intramolecular Hbond substituents is 1. The van der Waals surface area contributed by atoms with Crippen LogP contribution in [0, 0.1) is 0 Å². The highest BCUT2D eigenvalue weighted by atomic mass is 16.3. The van der Waals surface area contributed by atoms with Gasteiger partial charge >= 0.3 is 0 Å². The van der Waals surface area contributed by atoms with E-state index in [-0.39, 0.29) is 5.75 Å². The smallest absolute Gasteiger partial charge is 0.138 e. The van der Waals surface area contributed by atoms with E-state index < -0.39 is 0 Å². The summed E-state index contributed by atoms with van der Waals surface area (Å²) in [7, 11) is 0. The number of benzene rings is 2. The van der Waals surface area contributed by atoms with Crippen LogP contribution < -0.4 is 5.73 Å². The fourth-order valence-corrected chi connectivity index (χ4v) is 2.46. The van der Waals surface area contributed by atoms with Crippen LogP contribution >= 0.6 is 0 Å². The molecule has 2 aromatic carbocycles. The maximum Gasteiger partial charge on any atom is 0.138 e. The van der Waals surface area contributed by atoms with Crippen LogP contribution in [-0.4, -0.2) is 10.0 Å². The Labute approximate surface area is 106 Å². The summed E-state index contributed by atoms with van der Waals surface area (Å²) in [5, 5.41) is 9.60. The van der Waals surface area contributed by atoms with Gasteiger partial charge in [-0.3, -0.25) is 4.90 Å². The predicted octanol–water partition coefficient (Wildman–Crippen LogP) is 2.49. The van der Waals surface area contributed by atoms with Crippen LogP contribution in [0.3, 0.4) is 0 Å². The van der Waals surface area contributed by atoms with Crippen LogP contribution in [0.5, 0.6) is 5.75 Å². The Bertz CT molecular complexity index is 555. The van der Waals surface area contributed by atoms with Gasteiger partial charge in [0.25, 0.3) is 0 Å². The normalized spacial score (nSPS) is 14.7. The minimum Gasteiger partial charge on any atom is -0.506 e. The maximum atomic E-state index is 9.60. The lowest BCUT2D eigenvalue weighted by Gasteiger charge is -2.15. The molecule has 3 rings (SSSR count). The number of anilines is 1. The van der Waals surface area contributed by atoms with Crippen molar-refractivity contribution < 1.29 is 5.11 Å². The third-order valence-electron chi connectivity index (χ3n) is 3.41. The molecule has 1 heterocycles. The van der Waals surface area contributed by atoms with Gasteiger partial charge in [-0.1, -0.05) is 30.3 Å². The summed E-state index contributed by atoms with van der Waals surface area (Å²) in [5.74, 6) is 0.171. The predicted molar refractivity (Wildman–Crippen MR) is 71.9 cm³/mol. The van der Waals surface area contributed by atoms with E-state index >= 15 is 0 Å². The maximum absolute atomic E-state index is 9.60. The van der Waals surface area contributed by atoms with E-state index in [2.05, 4.69) is 29.2 Å². The van der Waals surface area contributed by atoms with E-state index in [1.54, 1.807) is 12.1 Å². The van der Waals surface area contributed by atoms with Gasteiger partial charge in [-0.25, -0.2) is 0 Å². The number of hydrogen-bond acceptors (Lipinski definition) is 3. The number of hydrogen-bond donors (Lipinski definition) is 2. The molecular weight excluding hydrogens is 224 g/mol. The van der Waals surface area contributed by atoms with Crippen LogP contribution in [0.15, 0.2) is 42.5 Å². The van der Waals surface area contributed by atoms with E-state index in [4.69, 9.17) is 5.73 Å². The van der Waals surface area contributed by atoms with Crippen molar-refractivity contribution >= 4 is 5.69 Å². The van der Waals surface area contributed by atoms with Gasteiger partial charge in [-0.2, -0.15) is 0 Å². The van der Waals surface area contributed by atoms with E-state index in [1.807, 2.05) is 6.07 Å². The van der Waals surface area contributed by atoms with Crippen LogP contribution in [0.2, 0.25) is 0 Å². The van der Waals surface area contributed by atoms with Gasteiger partial charge in [-0.15, -0.1) is 0 Å². The number of aromatic hydroxyl groups is 1. The molecule has 0 unspecified atom stereocenters.